The van der Waals surface area contributed by atoms with Gasteiger partial charge < -0.3 is 9.15 Å². The number of carbonyl (C=O) groups excluding carboxylic acids is 1. The van der Waals surface area contributed by atoms with Crippen molar-refractivity contribution in [3.05, 3.63) is 59.1 Å². The van der Waals surface area contributed by atoms with Gasteiger partial charge in [-0.15, -0.1) is 22.0 Å². The second-order valence-electron chi connectivity index (χ2n) is 5.18. The lowest BCUT2D eigenvalue weighted by molar-refractivity contribution is -0.141. The van der Waals surface area contributed by atoms with Crippen molar-refractivity contribution in [3.8, 4) is 11.5 Å². The fraction of sp³-hybridized carbons (Fsp3) is 0.167. The van der Waals surface area contributed by atoms with Crippen molar-refractivity contribution in [1.82, 2.24) is 10.2 Å². The molecule has 0 aliphatic rings. The molecule has 0 aliphatic heterocycles. The van der Waals surface area contributed by atoms with E-state index in [4.69, 9.17) is 20.8 Å². The van der Waals surface area contributed by atoms with Crippen LogP contribution < -0.4 is 0 Å². The van der Waals surface area contributed by atoms with Crippen LogP contribution in [0.1, 0.15) is 5.56 Å². The first-order valence-corrected chi connectivity index (χ1v) is 10.2. The first-order chi connectivity index (χ1) is 12.6. The summed E-state index contributed by atoms with van der Waals surface area (Å²) >= 11 is 8.67. The largest absolute Gasteiger partial charge is 0.460 e. The van der Waals surface area contributed by atoms with E-state index in [1.807, 2.05) is 30.5 Å². The van der Waals surface area contributed by atoms with E-state index in [0.717, 1.165) is 22.9 Å². The van der Waals surface area contributed by atoms with Crippen LogP contribution in [-0.2, 0) is 16.1 Å². The number of benzene rings is 2. The summed E-state index contributed by atoms with van der Waals surface area (Å²) in [7, 11) is 0. The highest BCUT2D eigenvalue weighted by molar-refractivity contribution is 7.99. The molecule has 0 atom stereocenters. The number of esters is 1. The zero-order valence-electron chi connectivity index (χ0n) is 13.8. The molecular weight excluding hydrogens is 392 g/mol. The molecule has 0 bridgehead atoms. The summed E-state index contributed by atoms with van der Waals surface area (Å²) in [5, 5.41) is 8.85. The Morgan fingerprint density at radius 2 is 1.85 bits per heavy atom. The maximum Gasteiger partial charge on any atom is 0.316 e. The number of nitrogens with zero attached hydrogens (tertiary/aromatic N) is 2. The highest BCUT2D eigenvalue weighted by Gasteiger charge is 2.12. The minimum absolute atomic E-state index is 0.102. The topological polar surface area (TPSA) is 65.2 Å². The molecule has 0 fully saturated rings. The molecule has 0 unspecified atom stereocenters. The van der Waals surface area contributed by atoms with Crippen molar-refractivity contribution in [2.45, 2.75) is 16.7 Å². The third kappa shape index (κ3) is 5.27. The van der Waals surface area contributed by atoms with Crippen LogP contribution in [0.15, 0.2) is 63.1 Å². The molecule has 0 spiro atoms. The van der Waals surface area contributed by atoms with Gasteiger partial charge in [-0.3, -0.25) is 4.79 Å². The maximum atomic E-state index is 11.9. The Labute approximate surface area is 164 Å². The smallest absolute Gasteiger partial charge is 0.316 e. The second-order valence-corrected chi connectivity index (χ2v) is 7.42. The molecule has 26 heavy (non-hydrogen) atoms. The van der Waals surface area contributed by atoms with Gasteiger partial charge in [-0.2, -0.15) is 0 Å². The Balaban J connectivity index is 1.47. The Hall–Kier alpha value is -1.96. The van der Waals surface area contributed by atoms with Crippen LogP contribution in [0.3, 0.4) is 0 Å². The minimum atomic E-state index is -0.338. The lowest BCUT2D eigenvalue weighted by Crippen LogP contribution is -2.07. The molecule has 0 aliphatic carbocycles. The summed E-state index contributed by atoms with van der Waals surface area (Å²) < 4.78 is 10.8. The quantitative estimate of drug-likeness (QED) is 0.406. The van der Waals surface area contributed by atoms with E-state index in [1.54, 1.807) is 36.0 Å². The zero-order valence-corrected chi connectivity index (χ0v) is 16.2. The number of hydrogen-bond acceptors (Lipinski definition) is 7. The predicted molar refractivity (Wildman–Crippen MR) is 103 cm³/mol. The van der Waals surface area contributed by atoms with Gasteiger partial charge in [0.05, 0.1) is 0 Å². The Morgan fingerprint density at radius 1 is 1.12 bits per heavy atom. The maximum absolute atomic E-state index is 11.9. The standard InChI is InChI=1S/C18H15ClN2O3S2/c1-25-15-8-2-12(3-9-15)10-23-16(22)11-26-18-21-20-17(24-18)13-4-6-14(19)7-5-13/h2-9H,10-11H2,1H3. The van der Waals surface area contributed by atoms with Crippen molar-refractivity contribution in [2.75, 3.05) is 12.0 Å². The fourth-order valence-corrected chi connectivity index (χ4v) is 3.12. The van der Waals surface area contributed by atoms with E-state index in [0.29, 0.717) is 16.1 Å². The SMILES string of the molecule is CSc1ccc(COC(=O)CSc2nnc(-c3ccc(Cl)cc3)o2)cc1. The molecule has 0 amide bonds. The summed E-state index contributed by atoms with van der Waals surface area (Å²) in [5.74, 6) is 0.145. The summed E-state index contributed by atoms with van der Waals surface area (Å²) in [6.07, 6.45) is 2.02. The summed E-state index contributed by atoms with van der Waals surface area (Å²) in [4.78, 5) is 13.0. The fourth-order valence-electron chi connectivity index (χ4n) is 2.03. The number of thioether (sulfide) groups is 2. The van der Waals surface area contributed by atoms with Gasteiger partial charge in [-0.25, -0.2) is 0 Å². The van der Waals surface area contributed by atoms with Gasteiger partial charge in [0.15, 0.2) is 0 Å². The Bertz CT molecular complexity index is 867. The second kappa shape index (κ2) is 9.12. The van der Waals surface area contributed by atoms with Crippen LogP contribution in [0.4, 0.5) is 0 Å². The number of ether oxygens (including phenoxy) is 1. The van der Waals surface area contributed by atoms with Gasteiger partial charge in [-0.1, -0.05) is 35.5 Å². The molecule has 0 saturated heterocycles. The molecule has 3 aromatic rings. The van der Waals surface area contributed by atoms with E-state index < -0.39 is 0 Å². The van der Waals surface area contributed by atoms with E-state index in [1.165, 1.54) is 4.90 Å². The Morgan fingerprint density at radius 3 is 2.54 bits per heavy atom. The first kappa shape index (κ1) is 18.8. The van der Waals surface area contributed by atoms with Crippen LogP contribution in [0.25, 0.3) is 11.5 Å². The van der Waals surface area contributed by atoms with Crippen LogP contribution in [0, 0.1) is 0 Å². The third-order valence-corrected chi connectivity index (χ3v) is 5.16. The van der Waals surface area contributed by atoms with Crippen LogP contribution in [-0.4, -0.2) is 28.2 Å². The molecule has 0 saturated carbocycles. The van der Waals surface area contributed by atoms with Crippen molar-refractivity contribution in [1.29, 1.82) is 0 Å². The molecule has 1 heterocycles. The summed E-state index contributed by atoms with van der Waals surface area (Å²) in [6.45, 7) is 0.244. The molecule has 1 aromatic heterocycles. The number of rotatable bonds is 7. The number of carbonyl (C=O) groups is 1. The average molecular weight is 407 g/mol. The van der Waals surface area contributed by atoms with Crippen molar-refractivity contribution in [3.63, 3.8) is 0 Å². The summed E-state index contributed by atoms with van der Waals surface area (Å²) in [5.41, 5.74) is 1.72. The van der Waals surface area contributed by atoms with E-state index >= 15 is 0 Å². The summed E-state index contributed by atoms with van der Waals surface area (Å²) in [6, 6.07) is 15.0. The molecule has 0 N–H and O–H groups in total. The van der Waals surface area contributed by atoms with Gasteiger partial charge in [-0.05, 0) is 48.2 Å². The van der Waals surface area contributed by atoms with Gasteiger partial charge >= 0.3 is 5.97 Å². The zero-order chi connectivity index (χ0) is 18.4. The van der Waals surface area contributed by atoms with Crippen molar-refractivity contribution in [2.24, 2.45) is 0 Å². The van der Waals surface area contributed by atoms with Gasteiger partial charge in [0.25, 0.3) is 5.22 Å². The molecule has 5 nitrogen and oxygen atoms in total. The van der Waals surface area contributed by atoms with Gasteiger partial charge in [0.2, 0.25) is 5.89 Å². The highest BCUT2D eigenvalue weighted by Crippen LogP contribution is 2.24. The minimum Gasteiger partial charge on any atom is -0.460 e. The molecule has 2 aromatic carbocycles. The van der Waals surface area contributed by atoms with Gasteiger partial charge in [0.1, 0.15) is 12.4 Å². The molecule has 3 rings (SSSR count). The lowest BCUT2D eigenvalue weighted by atomic mass is 10.2. The number of halogens is 1. The predicted octanol–water partition coefficient (Wildman–Crippen LogP) is 4.95. The first-order valence-electron chi connectivity index (χ1n) is 7.65. The van der Waals surface area contributed by atoms with E-state index in [9.17, 15) is 4.79 Å². The molecule has 134 valence electrons. The van der Waals surface area contributed by atoms with E-state index in [2.05, 4.69) is 10.2 Å². The van der Waals surface area contributed by atoms with Crippen LogP contribution in [0.2, 0.25) is 5.02 Å². The van der Waals surface area contributed by atoms with Crippen LogP contribution >= 0.6 is 35.1 Å². The van der Waals surface area contributed by atoms with Crippen LogP contribution in [0.5, 0.6) is 0 Å². The van der Waals surface area contributed by atoms with E-state index in [-0.39, 0.29) is 18.3 Å². The van der Waals surface area contributed by atoms with Gasteiger partial charge in [0, 0.05) is 15.5 Å². The Kier molecular flexibility index (Phi) is 6.60. The molecule has 0 radical (unpaired) electrons. The average Bonchev–Trinajstić information content (AvgIpc) is 3.14. The molecular formula is C18H15ClN2O3S2. The monoisotopic (exact) mass is 406 g/mol. The third-order valence-electron chi connectivity index (χ3n) is 3.37. The number of hydrogen-bond donors (Lipinski definition) is 0. The lowest BCUT2D eigenvalue weighted by Gasteiger charge is -2.04. The molecule has 8 heteroatoms. The van der Waals surface area contributed by atoms with Crippen molar-refractivity contribution >= 4 is 41.1 Å². The van der Waals surface area contributed by atoms with Crippen molar-refractivity contribution < 1.29 is 13.9 Å². The number of aromatic nitrogens is 2. The normalized spacial score (nSPS) is 10.7. The highest BCUT2D eigenvalue weighted by atomic mass is 35.5.